The topological polar surface area (TPSA) is 105 Å². The summed E-state index contributed by atoms with van der Waals surface area (Å²) in [6.07, 6.45) is 0.286. The molecule has 0 radical (unpaired) electrons. The van der Waals surface area contributed by atoms with Crippen LogP contribution in [0.5, 0.6) is 11.5 Å². The molecule has 6 nitrogen and oxygen atoms in total. The first-order valence-corrected chi connectivity index (χ1v) is 6.16. The highest BCUT2D eigenvalue weighted by Gasteiger charge is 2.14. The Kier molecular flexibility index (Phi) is 6.11. The van der Waals surface area contributed by atoms with E-state index in [1.54, 1.807) is 6.07 Å². The Bertz CT molecular complexity index is 423. The Hall–Kier alpha value is -1.79. The first-order valence-electron chi connectivity index (χ1n) is 6.16. The minimum Gasteiger partial charge on any atom is -0.504 e. The smallest absolute Gasteiger partial charge is 0.237 e. The maximum absolute atomic E-state index is 11.7. The van der Waals surface area contributed by atoms with Crippen LogP contribution in [0.1, 0.15) is 12.5 Å². The molecule has 0 fully saturated rings. The van der Waals surface area contributed by atoms with Crippen LogP contribution in [0.15, 0.2) is 18.2 Å². The summed E-state index contributed by atoms with van der Waals surface area (Å²) in [6.45, 7) is 3.36. The fourth-order valence-corrected chi connectivity index (χ4v) is 1.56. The van der Waals surface area contributed by atoms with Gasteiger partial charge in [-0.3, -0.25) is 4.79 Å². The molecule has 0 aliphatic rings. The van der Waals surface area contributed by atoms with Gasteiger partial charge >= 0.3 is 0 Å². The lowest BCUT2D eigenvalue weighted by atomic mass is 10.1. The molecule has 0 aliphatic heterocycles. The van der Waals surface area contributed by atoms with Gasteiger partial charge in [0.25, 0.3) is 0 Å². The number of phenols is 2. The standard InChI is InChI=1S/C13H20N2O4/c1-2-19-6-5-15-13(18)10(14)7-9-3-4-11(16)12(17)8-9/h3-4,8,10,16-17H,2,5-7,14H2,1H3,(H,15,18)/t10-/m0/s1. The third kappa shape index (κ3) is 5.15. The molecule has 1 aromatic carbocycles. The maximum Gasteiger partial charge on any atom is 0.237 e. The van der Waals surface area contributed by atoms with Crippen LogP contribution in [0.4, 0.5) is 0 Å². The van der Waals surface area contributed by atoms with E-state index in [0.717, 1.165) is 0 Å². The Balaban J connectivity index is 2.42. The van der Waals surface area contributed by atoms with Gasteiger partial charge in [-0.05, 0) is 31.0 Å². The average Bonchev–Trinajstić information content (AvgIpc) is 2.38. The SMILES string of the molecule is CCOCCNC(=O)[C@@H](N)Cc1ccc(O)c(O)c1. The summed E-state index contributed by atoms with van der Waals surface area (Å²) < 4.78 is 5.09. The van der Waals surface area contributed by atoms with Crippen molar-refractivity contribution in [2.75, 3.05) is 19.8 Å². The Labute approximate surface area is 112 Å². The third-order valence-corrected chi connectivity index (χ3v) is 2.58. The summed E-state index contributed by atoms with van der Waals surface area (Å²) in [4.78, 5) is 11.7. The minimum absolute atomic E-state index is 0.196. The van der Waals surface area contributed by atoms with Crippen molar-refractivity contribution in [3.05, 3.63) is 23.8 Å². The zero-order chi connectivity index (χ0) is 14.3. The molecule has 0 spiro atoms. The van der Waals surface area contributed by atoms with Crippen LogP contribution in [-0.4, -0.2) is 41.9 Å². The zero-order valence-electron chi connectivity index (χ0n) is 10.9. The van der Waals surface area contributed by atoms with Gasteiger partial charge in [0.05, 0.1) is 12.6 Å². The number of amides is 1. The monoisotopic (exact) mass is 268 g/mol. The van der Waals surface area contributed by atoms with E-state index in [4.69, 9.17) is 10.5 Å². The van der Waals surface area contributed by atoms with Crippen LogP contribution in [-0.2, 0) is 16.0 Å². The second-order valence-electron chi connectivity index (χ2n) is 4.12. The van der Waals surface area contributed by atoms with Gasteiger partial charge in [-0.25, -0.2) is 0 Å². The van der Waals surface area contributed by atoms with Gasteiger partial charge in [0.1, 0.15) is 0 Å². The lowest BCUT2D eigenvalue weighted by Crippen LogP contribution is -2.43. The number of carbonyl (C=O) groups is 1. The van der Waals surface area contributed by atoms with Gasteiger partial charge in [-0.15, -0.1) is 0 Å². The Morgan fingerprint density at radius 3 is 2.79 bits per heavy atom. The van der Waals surface area contributed by atoms with Crippen LogP contribution in [0.3, 0.4) is 0 Å². The number of phenolic OH excluding ortho intramolecular Hbond substituents is 2. The van der Waals surface area contributed by atoms with E-state index in [2.05, 4.69) is 5.32 Å². The molecule has 0 aliphatic carbocycles. The molecule has 1 rings (SSSR count). The molecule has 6 heteroatoms. The molecule has 19 heavy (non-hydrogen) atoms. The van der Waals surface area contributed by atoms with Gasteiger partial charge in [0, 0.05) is 13.2 Å². The number of rotatable bonds is 7. The van der Waals surface area contributed by atoms with Crippen LogP contribution in [0, 0.1) is 0 Å². The molecule has 0 saturated heterocycles. The van der Waals surface area contributed by atoms with E-state index < -0.39 is 6.04 Å². The summed E-state index contributed by atoms with van der Waals surface area (Å²) in [5.74, 6) is -0.688. The van der Waals surface area contributed by atoms with Gasteiger partial charge in [-0.1, -0.05) is 6.07 Å². The highest BCUT2D eigenvalue weighted by Crippen LogP contribution is 2.25. The van der Waals surface area contributed by atoms with Crippen molar-refractivity contribution in [2.24, 2.45) is 5.73 Å². The molecule has 106 valence electrons. The Morgan fingerprint density at radius 1 is 1.42 bits per heavy atom. The molecule has 0 aromatic heterocycles. The van der Waals surface area contributed by atoms with Crippen LogP contribution in [0.25, 0.3) is 0 Å². The van der Waals surface area contributed by atoms with Gasteiger partial charge < -0.3 is 26.0 Å². The lowest BCUT2D eigenvalue weighted by Gasteiger charge is -2.12. The van der Waals surface area contributed by atoms with Crippen LogP contribution < -0.4 is 11.1 Å². The summed E-state index contributed by atoms with van der Waals surface area (Å²) in [6, 6.07) is 3.67. The molecule has 0 unspecified atom stereocenters. The molecule has 0 bridgehead atoms. The van der Waals surface area contributed by atoms with Gasteiger partial charge in [0.2, 0.25) is 5.91 Å². The minimum atomic E-state index is -0.703. The maximum atomic E-state index is 11.7. The highest BCUT2D eigenvalue weighted by atomic mass is 16.5. The molecule has 1 atom stereocenters. The number of hydrogen-bond donors (Lipinski definition) is 4. The predicted octanol–water partition coefficient (Wildman–Crippen LogP) is 0.120. The molecular formula is C13H20N2O4. The zero-order valence-corrected chi connectivity index (χ0v) is 10.9. The van der Waals surface area contributed by atoms with Crippen molar-refractivity contribution in [1.29, 1.82) is 0 Å². The van der Waals surface area contributed by atoms with Gasteiger partial charge in [0.15, 0.2) is 11.5 Å². The number of aromatic hydroxyl groups is 2. The molecule has 0 saturated carbocycles. The number of benzene rings is 1. The van der Waals surface area contributed by atoms with E-state index in [1.165, 1.54) is 12.1 Å². The van der Waals surface area contributed by atoms with Crippen LogP contribution in [0.2, 0.25) is 0 Å². The quantitative estimate of drug-likeness (QED) is 0.415. The Morgan fingerprint density at radius 2 is 2.16 bits per heavy atom. The van der Waals surface area contributed by atoms with Crippen molar-refractivity contribution in [3.63, 3.8) is 0 Å². The first kappa shape index (κ1) is 15.3. The number of nitrogens with two attached hydrogens (primary N) is 1. The molecular weight excluding hydrogens is 248 g/mol. The summed E-state index contributed by atoms with van der Waals surface area (Å²) in [5, 5.41) is 21.2. The van der Waals surface area contributed by atoms with Crippen molar-refractivity contribution < 1.29 is 19.7 Å². The predicted molar refractivity (Wildman–Crippen MR) is 71.0 cm³/mol. The second-order valence-corrected chi connectivity index (χ2v) is 4.12. The van der Waals surface area contributed by atoms with Crippen molar-refractivity contribution in [3.8, 4) is 11.5 Å². The van der Waals surface area contributed by atoms with E-state index in [-0.39, 0.29) is 23.8 Å². The number of carbonyl (C=O) groups excluding carboxylic acids is 1. The third-order valence-electron chi connectivity index (χ3n) is 2.58. The molecule has 5 N–H and O–H groups in total. The normalized spacial score (nSPS) is 12.1. The van der Waals surface area contributed by atoms with E-state index in [9.17, 15) is 15.0 Å². The summed E-state index contributed by atoms with van der Waals surface area (Å²) in [5.41, 5.74) is 6.44. The van der Waals surface area contributed by atoms with Gasteiger partial charge in [-0.2, -0.15) is 0 Å². The first-order chi connectivity index (χ1) is 9.04. The largest absolute Gasteiger partial charge is 0.504 e. The van der Waals surface area contributed by atoms with Crippen LogP contribution >= 0.6 is 0 Å². The molecule has 1 amide bonds. The number of nitrogens with one attached hydrogen (secondary N) is 1. The highest BCUT2D eigenvalue weighted by molar-refractivity contribution is 5.81. The second kappa shape index (κ2) is 7.60. The van der Waals surface area contributed by atoms with Crippen molar-refractivity contribution in [1.82, 2.24) is 5.32 Å². The van der Waals surface area contributed by atoms with E-state index in [0.29, 0.717) is 25.3 Å². The molecule has 1 aromatic rings. The fourth-order valence-electron chi connectivity index (χ4n) is 1.56. The summed E-state index contributed by atoms with van der Waals surface area (Å²) in [7, 11) is 0. The van der Waals surface area contributed by atoms with Crippen molar-refractivity contribution in [2.45, 2.75) is 19.4 Å². The lowest BCUT2D eigenvalue weighted by molar-refractivity contribution is -0.122. The average molecular weight is 268 g/mol. The fraction of sp³-hybridized carbons (Fsp3) is 0.462. The number of ether oxygens (including phenoxy) is 1. The number of hydrogen-bond acceptors (Lipinski definition) is 5. The van der Waals surface area contributed by atoms with Crippen molar-refractivity contribution >= 4 is 5.91 Å². The van der Waals surface area contributed by atoms with E-state index >= 15 is 0 Å². The van der Waals surface area contributed by atoms with E-state index in [1.807, 2.05) is 6.92 Å². The molecule has 0 heterocycles. The summed E-state index contributed by atoms with van der Waals surface area (Å²) >= 11 is 0.